The van der Waals surface area contributed by atoms with Crippen LogP contribution < -0.4 is 10.6 Å². The Hall–Kier alpha value is -1.97. The molecule has 0 saturated carbocycles. The summed E-state index contributed by atoms with van der Waals surface area (Å²) < 4.78 is 0. The number of nitrogens with one attached hydrogen (secondary N) is 2. The maximum absolute atomic E-state index is 13.2. The fourth-order valence-corrected chi connectivity index (χ4v) is 4.46. The molecule has 2 aromatic rings. The number of anilines is 2. The minimum absolute atomic E-state index is 0.0741. The van der Waals surface area contributed by atoms with Gasteiger partial charge in [-0.25, -0.2) is 0 Å². The molecular weight excluding hydrogens is 391 g/mol. The van der Waals surface area contributed by atoms with Crippen LogP contribution in [0.1, 0.15) is 49.4 Å². The van der Waals surface area contributed by atoms with E-state index < -0.39 is 0 Å². The van der Waals surface area contributed by atoms with Crippen molar-refractivity contribution in [3.05, 3.63) is 68.3 Å². The second-order valence-electron chi connectivity index (χ2n) is 8.69. The molecule has 2 N–H and O–H groups in total. The Kier molecular flexibility index (Phi) is 4.71. The lowest BCUT2D eigenvalue weighted by molar-refractivity contribution is -0.118. The van der Waals surface area contributed by atoms with Crippen molar-refractivity contribution in [1.29, 1.82) is 0 Å². The molecule has 5 heteroatoms. The molecule has 28 heavy (non-hydrogen) atoms. The largest absolute Gasteiger partial charge is 0.372 e. The molecule has 3 nitrogen and oxygen atoms in total. The Labute approximate surface area is 176 Å². The normalized spacial score (nSPS) is 20.6. The molecule has 0 fully saturated rings. The number of rotatable bonds is 1. The highest BCUT2D eigenvalue weighted by Gasteiger charge is 2.38. The van der Waals surface area contributed by atoms with Crippen LogP contribution in [0.15, 0.2) is 41.6 Å². The third-order valence-electron chi connectivity index (χ3n) is 5.70. The highest BCUT2D eigenvalue weighted by Crippen LogP contribution is 2.46. The minimum atomic E-state index is -0.274. The molecular formula is C23H24Cl2N2O. The molecule has 4 rings (SSSR count). The predicted molar refractivity (Wildman–Crippen MR) is 117 cm³/mol. The van der Waals surface area contributed by atoms with Gasteiger partial charge in [0.05, 0.1) is 27.5 Å². The highest BCUT2D eigenvalue weighted by atomic mass is 35.5. The molecule has 1 aliphatic carbocycles. The second kappa shape index (κ2) is 6.82. The van der Waals surface area contributed by atoms with Gasteiger partial charge >= 0.3 is 0 Å². The van der Waals surface area contributed by atoms with Crippen molar-refractivity contribution in [1.82, 2.24) is 0 Å². The van der Waals surface area contributed by atoms with Crippen LogP contribution in [-0.2, 0) is 4.79 Å². The van der Waals surface area contributed by atoms with Crippen LogP contribution in [0.25, 0.3) is 0 Å². The standard InChI is InChI=1S/C23H24Cl2N2O/c1-12-7-17-18(8-13(12)2)27-22(14-5-6-15(24)16(25)9-14)21-19(26-17)10-23(3,4)11-20(21)28/h5-9,22,26-27H,10-11H2,1-4H3/t22-/m0/s1. The molecule has 0 aromatic heterocycles. The van der Waals surface area contributed by atoms with Crippen molar-refractivity contribution in [3.63, 3.8) is 0 Å². The summed E-state index contributed by atoms with van der Waals surface area (Å²) in [6.07, 6.45) is 1.35. The second-order valence-corrected chi connectivity index (χ2v) is 9.51. The fourth-order valence-electron chi connectivity index (χ4n) is 4.15. The minimum Gasteiger partial charge on any atom is -0.372 e. The number of carbonyl (C=O) groups is 1. The van der Waals surface area contributed by atoms with Gasteiger partial charge in [0.2, 0.25) is 0 Å². The average molecular weight is 415 g/mol. The van der Waals surface area contributed by atoms with Gasteiger partial charge in [-0.2, -0.15) is 0 Å². The van der Waals surface area contributed by atoms with Gasteiger partial charge in [-0.05, 0) is 66.6 Å². The molecule has 0 unspecified atom stereocenters. The van der Waals surface area contributed by atoms with E-state index in [4.69, 9.17) is 23.2 Å². The Bertz CT molecular complexity index is 1020. The Morgan fingerprint density at radius 3 is 2.32 bits per heavy atom. The van der Waals surface area contributed by atoms with Gasteiger partial charge in [0.1, 0.15) is 0 Å². The van der Waals surface area contributed by atoms with E-state index >= 15 is 0 Å². The first-order valence-corrected chi connectivity index (χ1v) is 10.3. The number of fused-ring (bicyclic) bond motifs is 1. The van der Waals surface area contributed by atoms with Crippen molar-refractivity contribution in [2.45, 2.75) is 46.6 Å². The summed E-state index contributed by atoms with van der Waals surface area (Å²) in [5, 5.41) is 8.18. The molecule has 2 aliphatic rings. The number of Topliss-reactive ketones (excluding diaryl/α,β-unsaturated/α-hetero) is 1. The number of allylic oxidation sites excluding steroid dienone is 1. The third kappa shape index (κ3) is 3.42. The first kappa shape index (κ1) is 19.4. The smallest absolute Gasteiger partial charge is 0.163 e. The maximum atomic E-state index is 13.2. The predicted octanol–water partition coefficient (Wildman–Crippen LogP) is 6.83. The van der Waals surface area contributed by atoms with Crippen LogP contribution in [0.3, 0.4) is 0 Å². The van der Waals surface area contributed by atoms with E-state index in [2.05, 4.69) is 50.5 Å². The van der Waals surface area contributed by atoms with Gasteiger partial charge < -0.3 is 10.6 Å². The lowest BCUT2D eigenvalue weighted by atomic mass is 9.73. The van der Waals surface area contributed by atoms with E-state index in [1.54, 1.807) is 6.07 Å². The van der Waals surface area contributed by atoms with Crippen molar-refractivity contribution in [3.8, 4) is 0 Å². The van der Waals surface area contributed by atoms with Gasteiger partial charge in [-0.15, -0.1) is 0 Å². The highest BCUT2D eigenvalue weighted by molar-refractivity contribution is 6.42. The van der Waals surface area contributed by atoms with E-state index in [1.165, 1.54) is 11.1 Å². The summed E-state index contributed by atoms with van der Waals surface area (Å²) in [6, 6.07) is 9.59. The summed E-state index contributed by atoms with van der Waals surface area (Å²) in [7, 11) is 0. The topological polar surface area (TPSA) is 41.1 Å². The lowest BCUT2D eigenvalue weighted by Crippen LogP contribution is -2.31. The van der Waals surface area contributed by atoms with Gasteiger partial charge in [-0.1, -0.05) is 43.1 Å². The molecule has 1 atom stereocenters. The number of carbonyl (C=O) groups excluding carboxylic acids is 1. The first-order valence-electron chi connectivity index (χ1n) is 9.51. The van der Waals surface area contributed by atoms with Crippen molar-refractivity contribution < 1.29 is 4.79 Å². The quantitative estimate of drug-likeness (QED) is 0.536. The van der Waals surface area contributed by atoms with Gasteiger partial charge in [-0.3, -0.25) is 4.79 Å². The molecule has 1 aliphatic heterocycles. The zero-order chi connectivity index (χ0) is 20.2. The monoisotopic (exact) mass is 414 g/mol. The van der Waals surface area contributed by atoms with Crippen molar-refractivity contribution in [2.24, 2.45) is 5.41 Å². The lowest BCUT2D eigenvalue weighted by Gasteiger charge is -2.34. The molecule has 1 heterocycles. The van der Waals surface area contributed by atoms with Crippen molar-refractivity contribution in [2.75, 3.05) is 10.6 Å². The number of aryl methyl sites for hydroxylation is 2. The Balaban J connectivity index is 1.91. The molecule has 0 radical (unpaired) electrons. The summed E-state index contributed by atoms with van der Waals surface area (Å²) >= 11 is 12.4. The summed E-state index contributed by atoms with van der Waals surface area (Å²) in [6.45, 7) is 8.48. The average Bonchev–Trinajstić information content (AvgIpc) is 2.73. The molecule has 0 spiro atoms. The zero-order valence-corrected chi connectivity index (χ0v) is 18.1. The van der Waals surface area contributed by atoms with Crippen LogP contribution in [0, 0.1) is 19.3 Å². The van der Waals surface area contributed by atoms with E-state index in [1.807, 2.05) is 12.1 Å². The molecule has 0 amide bonds. The van der Waals surface area contributed by atoms with Crippen LogP contribution in [0.4, 0.5) is 11.4 Å². The summed E-state index contributed by atoms with van der Waals surface area (Å²) in [5.41, 5.74) is 7.05. The summed E-state index contributed by atoms with van der Waals surface area (Å²) in [4.78, 5) is 13.2. The fraction of sp³-hybridized carbons (Fsp3) is 0.348. The van der Waals surface area contributed by atoms with Crippen LogP contribution in [0.2, 0.25) is 10.0 Å². The third-order valence-corrected chi connectivity index (χ3v) is 6.44. The Morgan fingerprint density at radius 1 is 0.964 bits per heavy atom. The van der Waals surface area contributed by atoms with E-state index in [9.17, 15) is 4.79 Å². The Morgan fingerprint density at radius 2 is 1.64 bits per heavy atom. The maximum Gasteiger partial charge on any atom is 0.163 e. The number of halogens is 2. The number of benzene rings is 2. The molecule has 2 aromatic carbocycles. The zero-order valence-electron chi connectivity index (χ0n) is 16.5. The number of hydrogen-bond donors (Lipinski definition) is 2. The van der Waals surface area contributed by atoms with Crippen molar-refractivity contribution >= 4 is 40.4 Å². The van der Waals surface area contributed by atoms with Crippen LogP contribution in [-0.4, -0.2) is 5.78 Å². The van der Waals surface area contributed by atoms with E-state index in [0.717, 1.165) is 34.6 Å². The molecule has 0 saturated heterocycles. The number of ketones is 1. The number of hydrogen-bond acceptors (Lipinski definition) is 3. The van der Waals surface area contributed by atoms with Crippen LogP contribution >= 0.6 is 23.2 Å². The summed E-state index contributed by atoms with van der Waals surface area (Å²) in [5.74, 6) is 0.170. The SMILES string of the molecule is Cc1cc2c(cc1C)N[C@@H](c1ccc(Cl)c(Cl)c1)C1=C(CC(C)(C)CC1=O)N2. The van der Waals surface area contributed by atoms with Crippen LogP contribution in [0.5, 0.6) is 0 Å². The molecule has 0 bridgehead atoms. The van der Waals surface area contributed by atoms with E-state index in [-0.39, 0.29) is 17.2 Å². The van der Waals surface area contributed by atoms with Gasteiger partial charge in [0.25, 0.3) is 0 Å². The van der Waals surface area contributed by atoms with Gasteiger partial charge in [0, 0.05) is 17.7 Å². The van der Waals surface area contributed by atoms with E-state index in [0.29, 0.717) is 16.5 Å². The molecule has 146 valence electrons. The first-order chi connectivity index (χ1) is 13.1. The van der Waals surface area contributed by atoms with Gasteiger partial charge in [0.15, 0.2) is 5.78 Å².